The fraction of sp³-hybridized carbons (Fsp3) is 0. The molecule has 0 amide bonds. The number of hydrogen-bond acceptors (Lipinski definition) is 7. The van der Waals surface area contributed by atoms with Crippen LogP contribution in [0.2, 0.25) is 0 Å². The van der Waals surface area contributed by atoms with E-state index in [-0.39, 0.29) is 0 Å². The number of rotatable bonds is 2. The van der Waals surface area contributed by atoms with Gasteiger partial charge in [0.05, 0.1) is 14.9 Å². The number of nitrogens with zero attached hydrogens (tertiary/aromatic N) is 6. The van der Waals surface area contributed by atoms with Gasteiger partial charge in [-0.15, -0.1) is 21.5 Å². The average Bonchev–Trinajstić information content (AvgIpc) is 3.13. The monoisotopic (exact) mass is 364 g/mol. The van der Waals surface area contributed by atoms with Crippen LogP contribution in [0.1, 0.15) is 0 Å². The molecule has 4 heterocycles. The summed E-state index contributed by atoms with van der Waals surface area (Å²) in [7, 11) is 0. The summed E-state index contributed by atoms with van der Waals surface area (Å²) in [5.41, 5.74) is 0.657. The number of thiophene rings is 1. The quantitative estimate of drug-likeness (QED) is 0.546. The number of fused-ring (bicyclic) bond motifs is 1. The normalized spacial score (nSPS) is 11.2. The van der Waals surface area contributed by atoms with E-state index in [1.54, 1.807) is 34.4 Å². The van der Waals surface area contributed by atoms with Gasteiger partial charge in [0.15, 0.2) is 5.01 Å². The molecule has 4 aromatic heterocycles. The van der Waals surface area contributed by atoms with Crippen molar-refractivity contribution in [1.29, 1.82) is 0 Å². The summed E-state index contributed by atoms with van der Waals surface area (Å²) in [6.07, 6.45) is 4.90. The Kier molecular flexibility index (Phi) is 2.83. The molecule has 98 valence electrons. The lowest BCUT2D eigenvalue weighted by atomic mass is 10.4. The maximum Gasteiger partial charge on any atom is 0.235 e. The Bertz CT molecular complexity index is 881. The molecule has 0 bridgehead atoms. The first-order valence-electron chi connectivity index (χ1n) is 5.55. The Morgan fingerprint density at radius 2 is 2.05 bits per heavy atom. The molecule has 0 saturated heterocycles. The molecule has 0 radical (unpaired) electrons. The van der Waals surface area contributed by atoms with E-state index in [0.717, 1.165) is 18.6 Å². The van der Waals surface area contributed by atoms with Crippen LogP contribution >= 0.6 is 38.6 Å². The first-order chi connectivity index (χ1) is 9.81. The molecule has 0 aliphatic heterocycles. The lowest BCUT2D eigenvalue weighted by Crippen LogP contribution is -1.93. The molecule has 0 fully saturated rings. The molecule has 4 aromatic rings. The number of hydrogen-bond donors (Lipinski definition) is 0. The van der Waals surface area contributed by atoms with E-state index in [0.29, 0.717) is 11.5 Å². The van der Waals surface area contributed by atoms with Gasteiger partial charge in [-0.05, 0) is 28.1 Å². The van der Waals surface area contributed by atoms with Crippen molar-refractivity contribution < 1.29 is 0 Å². The molecule has 0 aliphatic carbocycles. The Hall–Kier alpha value is -1.71. The van der Waals surface area contributed by atoms with Crippen LogP contribution in [0.25, 0.3) is 26.4 Å². The molecule has 4 rings (SSSR count). The van der Waals surface area contributed by atoms with Crippen LogP contribution in [0.15, 0.2) is 34.5 Å². The molecule has 20 heavy (non-hydrogen) atoms. The van der Waals surface area contributed by atoms with Gasteiger partial charge in [0.1, 0.15) is 5.69 Å². The highest BCUT2D eigenvalue weighted by atomic mass is 79.9. The van der Waals surface area contributed by atoms with Crippen LogP contribution in [0, 0.1) is 0 Å². The second-order valence-electron chi connectivity index (χ2n) is 3.82. The zero-order chi connectivity index (χ0) is 13.5. The summed E-state index contributed by atoms with van der Waals surface area (Å²) in [6, 6.07) is 4.04. The van der Waals surface area contributed by atoms with E-state index in [9.17, 15) is 0 Å². The van der Waals surface area contributed by atoms with Gasteiger partial charge in [0, 0.05) is 12.4 Å². The first-order valence-corrected chi connectivity index (χ1v) is 7.98. The van der Waals surface area contributed by atoms with Crippen LogP contribution in [0.3, 0.4) is 0 Å². The smallest absolute Gasteiger partial charge is 0.235 e. The Morgan fingerprint density at radius 1 is 1.10 bits per heavy atom. The fourth-order valence-corrected chi connectivity index (χ4v) is 4.00. The van der Waals surface area contributed by atoms with Gasteiger partial charge in [0.25, 0.3) is 0 Å². The minimum atomic E-state index is 0.603. The lowest BCUT2D eigenvalue weighted by Gasteiger charge is -1.93. The van der Waals surface area contributed by atoms with Crippen molar-refractivity contribution in [1.82, 2.24) is 29.8 Å². The van der Waals surface area contributed by atoms with Crippen molar-refractivity contribution in [2.24, 2.45) is 0 Å². The van der Waals surface area contributed by atoms with Gasteiger partial charge >= 0.3 is 0 Å². The van der Waals surface area contributed by atoms with Gasteiger partial charge in [-0.25, -0.2) is 4.98 Å². The molecule has 0 atom stereocenters. The Morgan fingerprint density at radius 3 is 2.80 bits per heavy atom. The summed E-state index contributed by atoms with van der Waals surface area (Å²) >= 11 is 6.59. The molecule has 0 unspecified atom stereocenters. The Balaban J connectivity index is 1.87. The van der Waals surface area contributed by atoms with E-state index >= 15 is 0 Å². The summed E-state index contributed by atoms with van der Waals surface area (Å²) in [5, 5.41) is 13.7. The first kappa shape index (κ1) is 12.1. The zero-order valence-electron chi connectivity index (χ0n) is 9.76. The summed E-state index contributed by atoms with van der Waals surface area (Å²) in [5.74, 6) is 0.603. The van der Waals surface area contributed by atoms with Gasteiger partial charge in [-0.2, -0.15) is 9.61 Å². The predicted octanol–water partition coefficient (Wildman–Crippen LogP) is 3.13. The molecule has 6 nitrogen and oxygen atoms in total. The van der Waals surface area contributed by atoms with E-state index in [4.69, 9.17) is 0 Å². The van der Waals surface area contributed by atoms with Gasteiger partial charge in [-0.1, -0.05) is 11.3 Å². The fourth-order valence-electron chi connectivity index (χ4n) is 1.72. The number of aromatic nitrogens is 6. The van der Waals surface area contributed by atoms with Crippen LogP contribution < -0.4 is 0 Å². The third-order valence-corrected chi connectivity index (χ3v) is 5.26. The van der Waals surface area contributed by atoms with Crippen LogP contribution in [-0.2, 0) is 0 Å². The van der Waals surface area contributed by atoms with Crippen molar-refractivity contribution in [3.63, 3.8) is 0 Å². The van der Waals surface area contributed by atoms with Gasteiger partial charge in [0.2, 0.25) is 10.8 Å². The van der Waals surface area contributed by atoms with Crippen molar-refractivity contribution in [2.45, 2.75) is 0 Å². The van der Waals surface area contributed by atoms with Crippen LogP contribution in [0.5, 0.6) is 0 Å². The molecular formula is C11H5BrN6S2. The second kappa shape index (κ2) is 4.69. The summed E-state index contributed by atoms with van der Waals surface area (Å²) < 4.78 is 2.78. The van der Waals surface area contributed by atoms with Crippen molar-refractivity contribution >= 4 is 43.6 Å². The molecule has 0 aliphatic rings. The van der Waals surface area contributed by atoms with E-state index < -0.39 is 0 Å². The Labute approximate surface area is 129 Å². The predicted molar refractivity (Wildman–Crippen MR) is 80.7 cm³/mol. The minimum Gasteiger partial charge on any atom is -0.261 e. The summed E-state index contributed by atoms with van der Waals surface area (Å²) in [6.45, 7) is 0. The topological polar surface area (TPSA) is 68.9 Å². The highest BCUT2D eigenvalue weighted by Crippen LogP contribution is 2.34. The number of halogens is 1. The molecular weight excluding hydrogens is 360 g/mol. The van der Waals surface area contributed by atoms with Gasteiger partial charge < -0.3 is 0 Å². The zero-order valence-corrected chi connectivity index (χ0v) is 13.0. The van der Waals surface area contributed by atoms with Crippen molar-refractivity contribution in [3.8, 4) is 21.4 Å². The van der Waals surface area contributed by atoms with Crippen molar-refractivity contribution in [3.05, 3.63) is 34.5 Å². The van der Waals surface area contributed by atoms with Crippen LogP contribution in [-0.4, -0.2) is 29.8 Å². The minimum absolute atomic E-state index is 0.603. The highest BCUT2D eigenvalue weighted by Gasteiger charge is 2.16. The van der Waals surface area contributed by atoms with E-state index in [1.165, 1.54) is 11.3 Å². The third-order valence-electron chi connectivity index (χ3n) is 2.57. The summed E-state index contributed by atoms with van der Waals surface area (Å²) in [4.78, 5) is 10.1. The average molecular weight is 365 g/mol. The maximum absolute atomic E-state index is 4.56. The second-order valence-corrected chi connectivity index (χ2v) is 7.24. The lowest BCUT2D eigenvalue weighted by molar-refractivity contribution is 0.959. The highest BCUT2D eigenvalue weighted by molar-refractivity contribution is 9.11. The maximum atomic E-state index is 4.56. The standard InChI is InChI=1S/C11H5BrN6S2/c12-8-2-1-7(19-8)10-17-18-9(15-16-11(18)20-10)6-5-13-3-4-14-6/h1-5H. The third kappa shape index (κ3) is 1.94. The molecule has 0 aromatic carbocycles. The molecule has 0 saturated carbocycles. The van der Waals surface area contributed by atoms with Gasteiger partial charge in [-0.3, -0.25) is 4.98 Å². The SMILES string of the molecule is Brc1ccc(-c2nn3c(-c4cnccn4)nnc3s2)s1. The van der Waals surface area contributed by atoms with E-state index in [1.807, 2.05) is 12.1 Å². The van der Waals surface area contributed by atoms with Crippen molar-refractivity contribution in [2.75, 3.05) is 0 Å². The largest absolute Gasteiger partial charge is 0.261 e. The van der Waals surface area contributed by atoms with E-state index in [2.05, 4.69) is 41.2 Å². The van der Waals surface area contributed by atoms with Crippen LogP contribution in [0.4, 0.5) is 0 Å². The molecule has 0 spiro atoms. The molecule has 9 heteroatoms. The molecule has 0 N–H and O–H groups in total.